The van der Waals surface area contributed by atoms with Gasteiger partial charge < -0.3 is 5.32 Å². The van der Waals surface area contributed by atoms with Crippen LogP contribution in [0.4, 0.5) is 10.6 Å². The van der Waals surface area contributed by atoms with E-state index >= 15 is 0 Å². The predicted molar refractivity (Wildman–Crippen MR) is 83.2 cm³/mol. The van der Waals surface area contributed by atoms with Crippen LogP contribution in [0.5, 0.6) is 0 Å². The van der Waals surface area contributed by atoms with Crippen molar-refractivity contribution in [3.05, 3.63) is 36.0 Å². The molecule has 2 N–H and O–H groups in total. The molecule has 0 saturated heterocycles. The Labute approximate surface area is 124 Å². The minimum Gasteiger partial charge on any atom is -0.335 e. The Morgan fingerprint density at radius 3 is 2.62 bits per heavy atom. The molecule has 21 heavy (non-hydrogen) atoms. The summed E-state index contributed by atoms with van der Waals surface area (Å²) < 4.78 is 1.72. The highest BCUT2D eigenvalue weighted by Gasteiger charge is 2.21. The van der Waals surface area contributed by atoms with Gasteiger partial charge in [-0.3, -0.25) is 10.00 Å². The van der Waals surface area contributed by atoms with Crippen molar-refractivity contribution in [2.75, 3.05) is 5.32 Å². The summed E-state index contributed by atoms with van der Waals surface area (Å²) in [4.78, 5) is 12.1. The van der Waals surface area contributed by atoms with Crippen LogP contribution in [-0.2, 0) is 7.05 Å². The van der Waals surface area contributed by atoms with Crippen LogP contribution in [-0.4, -0.2) is 21.9 Å². The number of hydrogen-bond donors (Lipinski definition) is 2. The van der Waals surface area contributed by atoms with Gasteiger partial charge in [-0.05, 0) is 31.7 Å². The highest BCUT2D eigenvalue weighted by molar-refractivity contribution is 5.94. The Morgan fingerprint density at radius 1 is 1.29 bits per heavy atom. The summed E-state index contributed by atoms with van der Waals surface area (Å²) in [5.74, 6) is 0.732. The lowest BCUT2D eigenvalue weighted by molar-refractivity contribution is 0.240. The van der Waals surface area contributed by atoms with Gasteiger partial charge in [-0.1, -0.05) is 30.3 Å². The van der Waals surface area contributed by atoms with Gasteiger partial charge >= 0.3 is 6.03 Å². The van der Waals surface area contributed by atoms with Gasteiger partial charge in [0.05, 0.1) is 5.69 Å². The number of anilines is 1. The average Bonchev–Trinajstić information content (AvgIpc) is 2.70. The quantitative estimate of drug-likeness (QED) is 0.910. The number of amides is 2. The summed E-state index contributed by atoms with van der Waals surface area (Å²) >= 11 is 0. The monoisotopic (exact) mass is 284 g/mol. The first-order chi connectivity index (χ1) is 10.1. The molecule has 1 aliphatic carbocycles. The van der Waals surface area contributed by atoms with Crippen molar-refractivity contribution in [2.24, 2.45) is 7.05 Å². The van der Waals surface area contributed by atoms with Crippen LogP contribution < -0.4 is 10.6 Å². The van der Waals surface area contributed by atoms with Crippen LogP contribution in [0, 0.1) is 6.92 Å². The van der Waals surface area contributed by atoms with E-state index < -0.39 is 0 Å². The highest BCUT2D eigenvalue weighted by atomic mass is 16.2. The molecule has 0 bridgehead atoms. The van der Waals surface area contributed by atoms with Gasteiger partial charge in [0.15, 0.2) is 0 Å². The molecule has 3 rings (SSSR count). The maximum atomic E-state index is 12.1. The van der Waals surface area contributed by atoms with E-state index in [-0.39, 0.29) is 6.03 Å². The van der Waals surface area contributed by atoms with Crippen LogP contribution in [0.1, 0.15) is 25.0 Å². The lowest BCUT2D eigenvalue weighted by Crippen LogP contribution is -2.42. The minimum absolute atomic E-state index is 0.153. The molecule has 1 aliphatic rings. The van der Waals surface area contributed by atoms with Crippen LogP contribution in [0.3, 0.4) is 0 Å². The number of nitrogens with one attached hydrogen (secondary N) is 2. The van der Waals surface area contributed by atoms with Gasteiger partial charge in [0.25, 0.3) is 0 Å². The van der Waals surface area contributed by atoms with Gasteiger partial charge in [-0.25, -0.2) is 4.79 Å². The molecule has 1 heterocycles. The molecule has 2 amide bonds. The van der Waals surface area contributed by atoms with E-state index in [4.69, 9.17) is 0 Å². The van der Waals surface area contributed by atoms with E-state index in [9.17, 15) is 4.79 Å². The number of aromatic nitrogens is 2. The Kier molecular flexibility index (Phi) is 3.64. The molecule has 1 fully saturated rings. The molecule has 0 atom stereocenters. The number of hydrogen-bond acceptors (Lipinski definition) is 2. The molecular weight excluding hydrogens is 264 g/mol. The SMILES string of the molecule is Cc1nn(C)c(NC(=O)NC2CCC2)c1-c1ccccc1. The fraction of sp³-hybridized carbons (Fsp3) is 0.375. The number of carbonyl (C=O) groups excluding carboxylic acids is 1. The smallest absolute Gasteiger partial charge is 0.320 e. The molecular formula is C16H20N4O. The number of urea groups is 1. The van der Waals surface area contributed by atoms with E-state index in [2.05, 4.69) is 15.7 Å². The largest absolute Gasteiger partial charge is 0.335 e. The third-order valence-corrected chi connectivity index (χ3v) is 3.96. The summed E-state index contributed by atoms with van der Waals surface area (Å²) in [5, 5.41) is 10.4. The van der Waals surface area contributed by atoms with E-state index in [0.29, 0.717) is 6.04 Å². The molecule has 1 aromatic heterocycles. The van der Waals surface area contributed by atoms with E-state index in [1.54, 1.807) is 4.68 Å². The normalized spacial score (nSPS) is 14.6. The van der Waals surface area contributed by atoms with Gasteiger partial charge in [0, 0.05) is 18.7 Å². The van der Waals surface area contributed by atoms with Crippen molar-refractivity contribution in [2.45, 2.75) is 32.2 Å². The van der Waals surface area contributed by atoms with E-state index in [0.717, 1.165) is 35.5 Å². The number of rotatable bonds is 3. The number of nitrogens with zero attached hydrogens (tertiary/aromatic N) is 2. The first-order valence-corrected chi connectivity index (χ1v) is 7.31. The van der Waals surface area contributed by atoms with Crippen molar-refractivity contribution in [3.8, 4) is 11.1 Å². The lowest BCUT2D eigenvalue weighted by atomic mass is 9.93. The predicted octanol–water partition coefficient (Wildman–Crippen LogP) is 3.07. The standard InChI is InChI=1S/C16H20N4O/c1-11-14(12-7-4-3-5-8-12)15(20(2)19-11)18-16(21)17-13-9-6-10-13/h3-5,7-8,13H,6,9-10H2,1-2H3,(H2,17,18,21). The third-order valence-electron chi connectivity index (χ3n) is 3.96. The highest BCUT2D eigenvalue weighted by Crippen LogP contribution is 2.30. The summed E-state index contributed by atoms with van der Waals surface area (Å²) in [5.41, 5.74) is 2.94. The Hall–Kier alpha value is -2.30. The summed E-state index contributed by atoms with van der Waals surface area (Å²) in [6.45, 7) is 1.96. The van der Waals surface area contributed by atoms with E-state index in [1.165, 1.54) is 6.42 Å². The minimum atomic E-state index is -0.153. The van der Waals surface area contributed by atoms with Crippen LogP contribution in [0.25, 0.3) is 11.1 Å². The van der Waals surface area contributed by atoms with Gasteiger partial charge in [-0.2, -0.15) is 5.10 Å². The number of benzene rings is 1. The lowest BCUT2D eigenvalue weighted by Gasteiger charge is -2.26. The molecule has 5 nitrogen and oxygen atoms in total. The van der Waals surface area contributed by atoms with Crippen molar-refractivity contribution in [1.82, 2.24) is 15.1 Å². The summed E-state index contributed by atoms with van der Waals surface area (Å²) in [6, 6.07) is 10.2. The number of carbonyl (C=O) groups is 1. The van der Waals surface area contributed by atoms with Crippen LogP contribution in [0.15, 0.2) is 30.3 Å². The van der Waals surface area contributed by atoms with Crippen molar-refractivity contribution >= 4 is 11.8 Å². The molecule has 0 unspecified atom stereocenters. The van der Waals surface area contributed by atoms with Gasteiger partial charge in [0.2, 0.25) is 0 Å². The second kappa shape index (κ2) is 5.60. The zero-order chi connectivity index (χ0) is 14.8. The first-order valence-electron chi connectivity index (χ1n) is 7.31. The Morgan fingerprint density at radius 2 is 2.00 bits per heavy atom. The molecule has 0 radical (unpaired) electrons. The average molecular weight is 284 g/mol. The van der Waals surface area contributed by atoms with Crippen molar-refractivity contribution in [1.29, 1.82) is 0 Å². The molecule has 2 aromatic rings. The van der Waals surface area contributed by atoms with E-state index in [1.807, 2.05) is 44.3 Å². The molecule has 5 heteroatoms. The zero-order valence-corrected chi connectivity index (χ0v) is 12.4. The van der Waals surface area contributed by atoms with Gasteiger partial charge in [0.1, 0.15) is 5.82 Å². The first kappa shape index (κ1) is 13.7. The Balaban J connectivity index is 1.85. The summed E-state index contributed by atoms with van der Waals surface area (Å²) in [6.07, 6.45) is 3.35. The van der Waals surface area contributed by atoms with Crippen LogP contribution in [0.2, 0.25) is 0 Å². The van der Waals surface area contributed by atoms with Crippen molar-refractivity contribution in [3.63, 3.8) is 0 Å². The fourth-order valence-electron chi connectivity index (χ4n) is 2.63. The molecule has 1 saturated carbocycles. The number of aryl methyl sites for hydroxylation is 2. The van der Waals surface area contributed by atoms with Crippen molar-refractivity contribution < 1.29 is 4.79 Å². The molecule has 0 aliphatic heterocycles. The zero-order valence-electron chi connectivity index (χ0n) is 12.4. The van der Waals surface area contributed by atoms with Gasteiger partial charge in [-0.15, -0.1) is 0 Å². The fourth-order valence-corrected chi connectivity index (χ4v) is 2.63. The van der Waals surface area contributed by atoms with Crippen LogP contribution >= 0.6 is 0 Å². The molecule has 110 valence electrons. The topological polar surface area (TPSA) is 59.0 Å². The Bertz CT molecular complexity index is 644. The third kappa shape index (κ3) is 2.77. The maximum Gasteiger partial charge on any atom is 0.320 e. The molecule has 1 aromatic carbocycles. The second-order valence-electron chi connectivity index (χ2n) is 5.52. The maximum absolute atomic E-state index is 12.1. The second-order valence-corrected chi connectivity index (χ2v) is 5.52. The molecule has 0 spiro atoms. The summed E-state index contributed by atoms with van der Waals surface area (Å²) in [7, 11) is 1.85.